The van der Waals surface area contributed by atoms with Crippen LogP contribution in [0.15, 0.2) is 17.6 Å². The Bertz CT molecular complexity index is 304. The molecule has 0 aromatic carbocycles. The molecule has 0 unspecified atom stereocenters. The minimum absolute atomic E-state index is 0. The summed E-state index contributed by atoms with van der Waals surface area (Å²) in [5.74, 6) is 1.96. The Morgan fingerprint density at radius 1 is 0.842 bits per heavy atom. The van der Waals surface area contributed by atoms with Crippen molar-refractivity contribution in [3.8, 4) is 0 Å². The number of allylic oxidation sites excluding steroid dienone is 4. The topological polar surface area (TPSA) is 0 Å². The summed E-state index contributed by atoms with van der Waals surface area (Å²) in [7, 11) is 0. The van der Waals surface area contributed by atoms with Crippen molar-refractivity contribution < 1.29 is 18.9 Å². The molecular weight excluding hydrogens is 222 g/mol. The minimum Gasteiger partial charge on any atom is -0.279 e. The Balaban J connectivity index is 0.00000133. The van der Waals surface area contributed by atoms with E-state index in [2.05, 4.69) is 18.2 Å². The third kappa shape index (κ3) is 3.83. The second-order valence-corrected chi connectivity index (χ2v) is 6.56. The fourth-order valence-corrected chi connectivity index (χ4v) is 4.53. The van der Waals surface area contributed by atoms with Gasteiger partial charge < -0.3 is 0 Å². The van der Waals surface area contributed by atoms with Crippen molar-refractivity contribution in [1.29, 1.82) is 0 Å². The smallest absolute Gasteiger partial charge is 0.279 e. The monoisotopic (exact) mass is 248 g/mol. The van der Waals surface area contributed by atoms with E-state index in [0.29, 0.717) is 0 Å². The molecule has 0 saturated heterocycles. The molecule has 0 heterocycles. The van der Waals surface area contributed by atoms with Gasteiger partial charge >= 0.3 is 18.9 Å². The third-order valence-corrected chi connectivity index (χ3v) is 5.40. The maximum atomic E-state index is 3.66. The molecule has 0 amide bonds. The van der Waals surface area contributed by atoms with Crippen LogP contribution in [0.1, 0.15) is 70.6 Å². The van der Waals surface area contributed by atoms with Gasteiger partial charge in [0.25, 0.3) is 0 Å². The van der Waals surface area contributed by atoms with Crippen LogP contribution in [0.2, 0.25) is 11.6 Å². The van der Waals surface area contributed by atoms with Gasteiger partial charge in [0.1, 0.15) is 6.71 Å². The zero-order valence-corrected chi connectivity index (χ0v) is 12.7. The molecule has 0 atom stereocenters. The van der Waals surface area contributed by atoms with E-state index in [-0.39, 0.29) is 18.9 Å². The summed E-state index contributed by atoms with van der Waals surface area (Å²) in [5.41, 5.74) is 1.59. The first-order valence-electron chi connectivity index (χ1n) is 8.22. The van der Waals surface area contributed by atoms with Crippen LogP contribution in [0.25, 0.3) is 0 Å². The molecule has 0 bridgehead atoms. The van der Waals surface area contributed by atoms with Crippen LogP contribution in [0.5, 0.6) is 0 Å². The average molecular weight is 248 g/mol. The maximum absolute atomic E-state index is 3.66. The van der Waals surface area contributed by atoms with Gasteiger partial charge in [-0.25, -0.2) is 6.08 Å². The van der Waals surface area contributed by atoms with E-state index >= 15 is 0 Å². The first-order chi connectivity index (χ1) is 8.95. The van der Waals surface area contributed by atoms with Gasteiger partial charge in [0, 0.05) is 0 Å². The molecule has 0 aromatic heterocycles. The summed E-state index contributed by atoms with van der Waals surface area (Å²) < 4.78 is 0. The molecule has 3 aliphatic carbocycles. The molecule has 0 spiro atoms. The van der Waals surface area contributed by atoms with Gasteiger partial charge in [-0.2, -0.15) is 6.08 Å². The maximum Gasteiger partial charge on any atom is 1.00 e. The molecule has 0 nitrogen and oxygen atoms in total. The fraction of sp³-hybridized carbons (Fsp3) is 0.765. The van der Waals surface area contributed by atoms with E-state index < -0.39 is 0 Å². The molecule has 0 radical (unpaired) electrons. The van der Waals surface area contributed by atoms with Crippen molar-refractivity contribution >= 4 is 6.71 Å². The van der Waals surface area contributed by atoms with Gasteiger partial charge in [-0.3, -0.25) is 11.5 Å². The molecule has 2 fully saturated rings. The zero-order valence-electron chi connectivity index (χ0n) is 12.7. The molecule has 0 aromatic rings. The Morgan fingerprint density at radius 2 is 1.37 bits per heavy atom. The molecule has 3 rings (SSSR count). The standard InChI is InChI=1S/C17H26B.Li/c1-3-9-15(10-4-1)18(17-13-7-8-14-17)16-11-5-2-6-12-16;/h7,13,15-16H,1-6,8-12H2;/q-1;+1. The molecule has 19 heavy (non-hydrogen) atoms. The molecule has 2 heteroatoms. The predicted octanol–water partition coefficient (Wildman–Crippen LogP) is 2.38. The van der Waals surface area contributed by atoms with E-state index in [1.165, 1.54) is 64.2 Å². The molecule has 98 valence electrons. The Morgan fingerprint density at radius 3 is 1.79 bits per heavy atom. The normalized spacial score (nSPS) is 24.9. The summed E-state index contributed by atoms with van der Waals surface area (Å²) in [6.07, 6.45) is 24.3. The van der Waals surface area contributed by atoms with Crippen LogP contribution in [0, 0.1) is 6.08 Å². The van der Waals surface area contributed by atoms with Crippen molar-refractivity contribution in [3.05, 3.63) is 23.7 Å². The van der Waals surface area contributed by atoms with E-state index in [9.17, 15) is 0 Å². The van der Waals surface area contributed by atoms with E-state index in [4.69, 9.17) is 0 Å². The summed E-state index contributed by atoms with van der Waals surface area (Å²) in [5, 5.41) is 0. The van der Waals surface area contributed by atoms with Crippen LogP contribution in [0.3, 0.4) is 0 Å². The molecule has 2 saturated carbocycles. The second-order valence-electron chi connectivity index (χ2n) is 6.56. The number of rotatable bonds is 3. The summed E-state index contributed by atoms with van der Waals surface area (Å²) in [4.78, 5) is 0. The van der Waals surface area contributed by atoms with E-state index in [0.717, 1.165) is 24.8 Å². The van der Waals surface area contributed by atoms with Gasteiger partial charge in [-0.15, -0.1) is 6.42 Å². The Labute approximate surface area is 131 Å². The minimum atomic E-state index is 0. The Kier molecular flexibility index (Phi) is 6.38. The average Bonchev–Trinajstić information content (AvgIpc) is 2.95. The molecular formula is C17H26BLi. The Hall–Kier alpha value is 0.142. The summed E-state index contributed by atoms with van der Waals surface area (Å²) in [6.45, 7) is 0.865. The van der Waals surface area contributed by atoms with Crippen LogP contribution < -0.4 is 18.9 Å². The van der Waals surface area contributed by atoms with Gasteiger partial charge in [0.05, 0.1) is 0 Å². The van der Waals surface area contributed by atoms with Crippen molar-refractivity contribution in [3.63, 3.8) is 0 Å². The van der Waals surface area contributed by atoms with Crippen molar-refractivity contribution in [2.24, 2.45) is 0 Å². The quantitative estimate of drug-likeness (QED) is 0.531. The van der Waals surface area contributed by atoms with E-state index in [1.54, 1.807) is 5.47 Å². The van der Waals surface area contributed by atoms with Crippen molar-refractivity contribution in [2.75, 3.05) is 0 Å². The fourth-order valence-electron chi connectivity index (χ4n) is 4.53. The van der Waals surface area contributed by atoms with Crippen molar-refractivity contribution in [2.45, 2.75) is 82.3 Å². The first-order valence-corrected chi connectivity index (χ1v) is 8.22. The van der Waals surface area contributed by atoms with Crippen LogP contribution in [-0.4, -0.2) is 6.71 Å². The third-order valence-electron chi connectivity index (χ3n) is 5.40. The van der Waals surface area contributed by atoms with E-state index in [1.807, 2.05) is 0 Å². The zero-order chi connectivity index (χ0) is 12.2. The number of hydrogen-bond acceptors (Lipinski definition) is 0. The summed E-state index contributed by atoms with van der Waals surface area (Å²) in [6, 6.07) is 0. The number of hydrogen-bond donors (Lipinski definition) is 0. The van der Waals surface area contributed by atoms with Gasteiger partial charge in [-0.1, -0.05) is 75.8 Å². The van der Waals surface area contributed by atoms with Gasteiger partial charge in [-0.05, 0) is 0 Å². The largest absolute Gasteiger partial charge is 1.00 e. The summed E-state index contributed by atoms with van der Waals surface area (Å²) >= 11 is 0. The van der Waals surface area contributed by atoms with Gasteiger partial charge in [0.2, 0.25) is 0 Å². The van der Waals surface area contributed by atoms with Crippen LogP contribution >= 0.6 is 0 Å². The molecule has 3 aliphatic rings. The van der Waals surface area contributed by atoms with Crippen LogP contribution in [-0.2, 0) is 0 Å². The SMILES string of the molecule is [C-]1=C(B(C2CCCCC2)C2CCCCC2)C=CC1.[Li+]. The predicted molar refractivity (Wildman–Crippen MR) is 79.9 cm³/mol. The van der Waals surface area contributed by atoms with Gasteiger partial charge in [0.15, 0.2) is 0 Å². The molecule has 0 aliphatic heterocycles. The second kappa shape index (κ2) is 7.80. The van der Waals surface area contributed by atoms with Crippen LogP contribution in [0.4, 0.5) is 0 Å². The molecule has 0 N–H and O–H groups in total. The first kappa shape index (κ1) is 15.5. The van der Waals surface area contributed by atoms with Crippen molar-refractivity contribution in [1.82, 2.24) is 0 Å².